The van der Waals surface area contributed by atoms with Gasteiger partial charge in [0, 0.05) is 13.5 Å². The first-order valence-corrected chi connectivity index (χ1v) is 6.89. The average Bonchev–Trinajstić information content (AvgIpc) is 2.33. The second-order valence-corrected chi connectivity index (χ2v) is 5.78. The number of aliphatic hydroxyl groups excluding tert-OH is 1. The van der Waals surface area contributed by atoms with E-state index in [1.807, 2.05) is 12.1 Å². The number of aliphatic hydroxyl groups is 1. The molecule has 2 heteroatoms. The lowest BCUT2D eigenvalue weighted by Gasteiger charge is -2.41. The summed E-state index contributed by atoms with van der Waals surface area (Å²) in [6, 6.07) is 8.32. The fraction of sp³-hybridized carbons (Fsp3) is 0.625. The summed E-state index contributed by atoms with van der Waals surface area (Å²) in [5.41, 5.74) is 2.25. The van der Waals surface area contributed by atoms with Gasteiger partial charge in [-0.25, -0.2) is 0 Å². The van der Waals surface area contributed by atoms with Crippen molar-refractivity contribution >= 4 is 0 Å². The smallest absolute Gasteiger partial charge is 0.0817 e. The molecule has 1 aliphatic rings. The summed E-state index contributed by atoms with van der Waals surface area (Å²) in [6.45, 7) is 4.36. The van der Waals surface area contributed by atoms with Gasteiger partial charge in [0.25, 0.3) is 0 Å². The topological polar surface area (TPSA) is 29.5 Å². The molecule has 2 rings (SSSR count). The van der Waals surface area contributed by atoms with Gasteiger partial charge in [-0.2, -0.15) is 0 Å². The van der Waals surface area contributed by atoms with E-state index in [-0.39, 0.29) is 5.60 Å². The van der Waals surface area contributed by atoms with Crippen molar-refractivity contribution in [1.82, 2.24) is 0 Å². The van der Waals surface area contributed by atoms with Gasteiger partial charge in [0.15, 0.2) is 0 Å². The fourth-order valence-electron chi connectivity index (χ4n) is 2.64. The van der Waals surface area contributed by atoms with Crippen molar-refractivity contribution in [2.75, 3.05) is 7.11 Å². The molecule has 1 aromatic rings. The average molecular weight is 248 g/mol. The first-order chi connectivity index (χ1) is 8.56. The van der Waals surface area contributed by atoms with Gasteiger partial charge >= 0.3 is 0 Å². The van der Waals surface area contributed by atoms with Gasteiger partial charge < -0.3 is 9.84 Å². The minimum absolute atomic E-state index is 0.0733. The van der Waals surface area contributed by atoms with E-state index in [2.05, 4.69) is 26.0 Å². The van der Waals surface area contributed by atoms with Crippen LogP contribution < -0.4 is 0 Å². The monoisotopic (exact) mass is 248 g/mol. The first kappa shape index (κ1) is 13.6. The van der Waals surface area contributed by atoms with Gasteiger partial charge in [-0.15, -0.1) is 0 Å². The molecule has 0 aliphatic heterocycles. The summed E-state index contributed by atoms with van der Waals surface area (Å²) < 4.78 is 5.57. The molecule has 0 amide bonds. The second kappa shape index (κ2) is 5.41. The molecular formula is C16H24O2. The lowest BCUT2D eigenvalue weighted by Crippen LogP contribution is -2.40. The van der Waals surface area contributed by atoms with Crippen LogP contribution in [0, 0.1) is 0 Å². The Hall–Kier alpha value is -0.860. The molecule has 1 unspecified atom stereocenters. The normalized spacial score (nSPS) is 19.6. The minimum Gasteiger partial charge on any atom is -0.388 e. The van der Waals surface area contributed by atoms with Gasteiger partial charge in [0.1, 0.15) is 0 Å². The van der Waals surface area contributed by atoms with Crippen LogP contribution in [0.2, 0.25) is 0 Å². The molecular weight excluding hydrogens is 224 g/mol. The summed E-state index contributed by atoms with van der Waals surface area (Å²) in [6.07, 6.45) is 3.67. The van der Waals surface area contributed by atoms with Crippen LogP contribution in [0.1, 0.15) is 62.7 Å². The second-order valence-electron chi connectivity index (χ2n) is 5.78. The van der Waals surface area contributed by atoms with Crippen LogP contribution in [0.3, 0.4) is 0 Å². The van der Waals surface area contributed by atoms with E-state index in [1.165, 1.54) is 12.0 Å². The van der Waals surface area contributed by atoms with E-state index in [9.17, 15) is 5.11 Å². The zero-order chi connectivity index (χ0) is 13.2. The van der Waals surface area contributed by atoms with Gasteiger partial charge in [-0.05, 0) is 36.3 Å². The van der Waals surface area contributed by atoms with Crippen LogP contribution in [0.5, 0.6) is 0 Å². The maximum Gasteiger partial charge on any atom is 0.0817 e. The van der Waals surface area contributed by atoms with Crippen molar-refractivity contribution in [2.24, 2.45) is 0 Å². The number of hydrogen-bond donors (Lipinski definition) is 1. The molecule has 1 fully saturated rings. The summed E-state index contributed by atoms with van der Waals surface area (Å²) in [7, 11) is 1.76. The SMILES string of the molecule is COC1(CC(O)c2ccc(C(C)C)cc2)CCC1. The van der Waals surface area contributed by atoms with Gasteiger partial charge in [-0.3, -0.25) is 0 Å². The first-order valence-electron chi connectivity index (χ1n) is 6.89. The summed E-state index contributed by atoms with van der Waals surface area (Å²) in [5.74, 6) is 0.535. The van der Waals surface area contributed by atoms with E-state index in [4.69, 9.17) is 4.74 Å². The highest BCUT2D eigenvalue weighted by Crippen LogP contribution is 2.41. The molecule has 1 N–H and O–H groups in total. The zero-order valence-corrected chi connectivity index (χ0v) is 11.6. The Morgan fingerprint density at radius 2 is 1.72 bits per heavy atom. The standard InChI is InChI=1S/C16H24O2/c1-12(2)13-5-7-14(8-6-13)15(17)11-16(18-3)9-4-10-16/h5-8,12,15,17H,4,9-11H2,1-3H3. The third-order valence-corrected chi connectivity index (χ3v) is 4.25. The quantitative estimate of drug-likeness (QED) is 0.858. The Bertz CT molecular complexity index is 371. The van der Waals surface area contributed by atoms with Gasteiger partial charge in [0.2, 0.25) is 0 Å². The molecule has 0 spiro atoms. The molecule has 18 heavy (non-hydrogen) atoms. The Labute approximate surface area is 110 Å². The largest absolute Gasteiger partial charge is 0.388 e. The lowest BCUT2D eigenvalue weighted by atomic mass is 9.75. The summed E-state index contributed by atoms with van der Waals surface area (Å²) in [4.78, 5) is 0. The van der Waals surface area contributed by atoms with Crippen LogP contribution in [0.15, 0.2) is 24.3 Å². The van der Waals surface area contributed by atoms with E-state index >= 15 is 0 Å². The third-order valence-electron chi connectivity index (χ3n) is 4.25. The van der Waals surface area contributed by atoms with Crippen molar-refractivity contribution < 1.29 is 9.84 Å². The molecule has 0 saturated heterocycles. The molecule has 0 bridgehead atoms. The number of methoxy groups -OCH3 is 1. The van der Waals surface area contributed by atoms with E-state index < -0.39 is 6.10 Å². The highest BCUT2D eigenvalue weighted by atomic mass is 16.5. The Balaban J connectivity index is 2.02. The number of hydrogen-bond acceptors (Lipinski definition) is 2. The molecule has 0 radical (unpaired) electrons. The molecule has 0 heterocycles. The molecule has 2 nitrogen and oxygen atoms in total. The van der Waals surface area contributed by atoms with Crippen LogP contribution >= 0.6 is 0 Å². The minimum atomic E-state index is -0.411. The predicted molar refractivity (Wildman–Crippen MR) is 73.7 cm³/mol. The summed E-state index contributed by atoms with van der Waals surface area (Å²) in [5, 5.41) is 10.3. The van der Waals surface area contributed by atoms with E-state index in [0.717, 1.165) is 18.4 Å². The van der Waals surface area contributed by atoms with Crippen LogP contribution in [-0.4, -0.2) is 17.8 Å². The molecule has 1 saturated carbocycles. The zero-order valence-electron chi connectivity index (χ0n) is 11.6. The van der Waals surface area contributed by atoms with Gasteiger partial charge in [-0.1, -0.05) is 38.1 Å². The van der Waals surface area contributed by atoms with Crippen molar-refractivity contribution in [1.29, 1.82) is 0 Å². The molecule has 1 aromatic carbocycles. The van der Waals surface area contributed by atoms with Gasteiger partial charge in [0.05, 0.1) is 11.7 Å². The van der Waals surface area contributed by atoms with Crippen molar-refractivity contribution in [2.45, 2.75) is 57.2 Å². The molecule has 0 aromatic heterocycles. The highest BCUT2D eigenvalue weighted by molar-refractivity contribution is 5.26. The van der Waals surface area contributed by atoms with Crippen LogP contribution in [-0.2, 0) is 4.74 Å². The van der Waals surface area contributed by atoms with Crippen LogP contribution in [0.25, 0.3) is 0 Å². The Morgan fingerprint density at radius 1 is 1.17 bits per heavy atom. The maximum atomic E-state index is 10.3. The number of benzene rings is 1. The van der Waals surface area contributed by atoms with E-state index in [0.29, 0.717) is 12.3 Å². The van der Waals surface area contributed by atoms with Crippen LogP contribution in [0.4, 0.5) is 0 Å². The van der Waals surface area contributed by atoms with Crippen molar-refractivity contribution in [3.05, 3.63) is 35.4 Å². The number of rotatable bonds is 5. The number of ether oxygens (including phenoxy) is 1. The molecule has 1 aliphatic carbocycles. The molecule has 1 atom stereocenters. The maximum absolute atomic E-state index is 10.3. The molecule has 100 valence electrons. The fourth-order valence-corrected chi connectivity index (χ4v) is 2.64. The summed E-state index contributed by atoms with van der Waals surface area (Å²) >= 11 is 0. The highest BCUT2D eigenvalue weighted by Gasteiger charge is 2.38. The Morgan fingerprint density at radius 3 is 2.11 bits per heavy atom. The van der Waals surface area contributed by atoms with Crippen molar-refractivity contribution in [3.63, 3.8) is 0 Å². The lowest BCUT2D eigenvalue weighted by molar-refractivity contribution is -0.0999. The predicted octanol–water partition coefficient (Wildman–Crippen LogP) is 3.80. The third kappa shape index (κ3) is 2.76. The van der Waals surface area contributed by atoms with Crippen molar-refractivity contribution in [3.8, 4) is 0 Å². The van der Waals surface area contributed by atoms with E-state index in [1.54, 1.807) is 7.11 Å². The Kier molecular flexibility index (Phi) is 4.08.